The first-order valence-corrected chi connectivity index (χ1v) is 7.69. The molecule has 0 aliphatic carbocycles. The number of rotatable bonds is 4. The van der Waals surface area contributed by atoms with Crippen molar-refractivity contribution >= 4 is 33.4 Å². The molecule has 1 fully saturated rings. The quantitative estimate of drug-likeness (QED) is 0.900. The summed E-state index contributed by atoms with van der Waals surface area (Å²) in [5.74, 6) is -0.137. The van der Waals surface area contributed by atoms with Crippen LogP contribution in [0.4, 0.5) is 0 Å². The van der Waals surface area contributed by atoms with E-state index in [4.69, 9.17) is 16.3 Å². The number of benzene rings is 1. The largest absolute Gasteiger partial charge is 0.378 e. The van der Waals surface area contributed by atoms with Crippen molar-refractivity contribution in [3.63, 3.8) is 0 Å². The number of hydrogen-bond acceptors (Lipinski definition) is 2. The van der Waals surface area contributed by atoms with Gasteiger partial charge in [0, 0.05) is 17.6 Å². The van der Waals surface area contributed by atoms with Crippen molar-refractivity contribution in [1.82, 2.24) is 5.32 Å². The molecule has 0 aromatic heterocycles. The summed E-state index contributed by atoms with van der Waals surface area (Å²) in [6, 6.07) is 5.26. The van der Waals surface area contributed by atoms with E-state index >= 15 is 0 Å². The SMILES string of the molecule is O=C(NCCC1CCCCO1)c1cc(Br)ccc1Cl. The van der Waals surface area contributed by atoms with Gasteiger partial charge in [-0.15, -0.1) is 0 Å². The molecule has 1 N–H and O–H groups in total. The Morgan fingerprint density at radius 1 is 1.47 bits per heavy atom. The lowest BCUT2D eigenvalue weighted by Crippen LogP contribution is -2.29. The van der Waals surface area contributed by atoms with Crippen LogP contribution in [0.2, 0.25) is 5.02 Å². The minimum atomic E-state index is -0.137. The number of carbonyl (C=O) groups excluding carboxylic acids is 1. The van der Waals surface area contributed by atoms with Crippen molar-refractivity contribution in [2.24, 2.45) is 0 Å². The van der Waals surface area contributed by atoms with Gasteiger partial charge >= 0.3 is 0 Å². The molecule has 3 nitrogen and oxygen atoms in total. The van der Waals surface area contributed by atoms with Crippen molar-refractivity contribution in [2.75, 3.05) is 13.2 Å². The Kier molecular flexibility index (Phi) is 5.67. The molecule has 0 radical (unpaired) electrons. The minimum absolute atomic E-state index is 0.137. The first-order chi connectivity index (χ1) is 9.16. The van der Waals surface area contributed by atoms with E-state index in [9.17, 15) is 4.79 Å². The monoisotopic (exact) mass is 345 g/mol. The van der Waals surface area contributed by atoms with Gasteiger partial charge in [-0.25, -0.2) is 0 Å². The Bertz CT molecular complexity index is 447. The van der Waals surface area contributed by atoms with Gasteiger partial charge in [0.25, 0.3) is 5.91 Å². The van der Waals surface area contributed by atoms with E-state index in [1.165, 1.54) is 6.42 Å². The third kappa shape index (κ3) is 4.48. The first-order valence-electron chi connectivity index (χ1n) is 6.51. The molecule has 0 saturated carbocycles. The topological polar surface area (TPSA) is 38.3 Å². The van der Waals surface area contributed by atoms with E-state index in [1.54, 1.807) is 12.1 Å². The predicted octanol–water partition coefficient (Wildman–Crippen LogP) is 3.79. The normalized spacial score (nSPS) is 19.2. The highest BCUT2D eigenvalue weighted by molar-refractivity contribution is 9.10. The second kappa shape index (κ2) is 7.27. The molecule has 0 bridgehead atoms. The lowest BCUT2D eigenvalue weighted by atomic mass is 10.1. The van der Waals surface area contributed by atoms with E-state index in [2.05, 4.69) is 21.2 Å². The lowest BCUT2D eigenvalue weighted by molar-refractivity contribution is 0.0117. The summed E-state index contributed by atoms with van der Waals surface area (Å²) in [5.41, 5.74) is 0.501. The molecule has 1 unspecified atom stereocenters. The molecule has 0 spiro atoms. The number of hydrogen-bond donors (Lipinski definition) is 1. The summed E-state index contributed by atoms with van der Waals surface area (Å²) in [5, 5.41) is 3.36. The van der Waals surface area contributed by atoms with Crippen molar-refractivity contribution in [1.29, 1.82) is 0 Å². The number of carbonyl (C=O) groups is 1. The van der Waals surface area contributed by atoms with Crippen LogP contribution in [0.1, 0.15) is 36.0 Å². The van der Waals surface area contributed by atoms with Gasteiger partial charge in [-0.3, -0.25) is 4.79 Å². The third-order valence-corrected chi connectivity index (χ3v) is 4.02. The molecule has 1 amide bonds. The number of nitrogens with one attached hydrogen (secondary N) is 1. The van der Waals surface area contributed by atoms with Crippen molar-refractivity contribution < 1.29 is 9.53 Å². The van der Waals surface area contributed by atoms with E-state index < -0.39 is 0 Å². The van der Waals surface area contributed by atoms with Crippen LogP contribution in [0.3, 0.4) is 0 Å². The first kappa shape index (κ1) is 14.8. The molecular formula is C14H17BrClNO2. The van der Waals surface area contributed by atoms with Crippen LogP contribution in [0.5, 0.6) is 0 Å². The smallest absolute Gasteiger partial charge is 0.252 e. The van der Waals surface area contributed by atoms with Crippen LogP contribution in [0.15, 0.2) is 22.7 Å². The summed E-state index contributed by atoms with van der Waals surface area (Å²) in [7, 11) is 0. The molecule has 1 saturated heterocycles. The summed E-state index contributed by atoms with van der Waals surface area (Å²) >= 11 is 9.35. The maximum Gasteiger partial charge on any atom is 0.252 e. The summed E-state index contributed by atoms with van der Waals surface area (Å²) in [4.78, 5) is 12.0. The van der Waals surface area contributed by atoms with Gasteiger partial charge in [-0.2, -0.15) is 0 Å². The highest BCUT2D eigenvalue weighted by Crippen LogP contribution is 2.21. The highest BCUT2D eigenvalue weighted by atomic mass is 79.9. The van der Waals surface area contributed by atoms with E-state index in [0.29, 0.717) is 17.1 Å². The Labute approximate surface area is 126 Å². The van der Waals surface area contributed by atoms with E-state index in [0.717, 1.165) is 30.3 Å². The molecule has 1 heterocycles. The lowest BCUT2D eigenvalue weighted by Gasteiger charge is -2.22. The molecule has 1 aliphatic heterocycles. The zero-order valence-electron chi connectivity index (χ0n) is 10.6. The van der Waals surface area contributed by atoms with Crippen LogP contribution in [0.25, 0.3) is 0 Å². The van der Waals surface area contributed by atoms with Crippen molar-refractivity contribution in [2.45, 2.75) is 31.8 Å². The average Bonchev–Trinajstić information content (AvgIpc) is 2.42. The van der Waals surface area contributed by atoms with E-state index in [1.807, 2.05) is 6.07 Å². The number of halogens is 2. The Morgan fingerprint density at radius 2 is 2.32 bits per heavy atom. The number of ether oxygens (including phenoxy) is 1. The standard InChI is InChI=1S/C14H17BrClNO2/c15-10-4-5-13(16)12(9-10)14(18)17-7-6-11-3-1-2-8-19-11/h4-5,9,11H,1-3,6-8H2,(H,17,18). The fourth-order valence-corrected chi connectivity index (χ4v) is 2.71. The van der Waals surface area contributed by atoms with Crippen LogP contribution in [-0.2, 0) is 4.74 Å². The van der Waals surface area contributed by atoms with Gasteiger partial charge in [0.05, 0.1) is 16.7 Å². The zero-order chi connectivity index (χ0) is 13.7. The fourth-order valence-electron chi connectivity index (χ4n) is 2.15. The molecular weight excluding hydrogens is 330 g/mol. The Morgan fingerprint density at radius 3 is 3.05 bits per heavy atom. The second-order valence-electron chi connectivity index (χ2n) is 4.66. The van der Waals surface area contributed by atoms with Crippen molar-refractivity contribution in [3.8, 4) is 0 Å². The van der Waals surface area contributed by atoms with Crippen LogP contribution in [-0.4, -0.2) is 25.2 Å². The highest BCUT2D eigenvalue weighted by Gasteiger charge is 2.15. The maximum atomic E-state index is 12.0. The third-order valence-electron chi connectivity index (χ3n) is 3.20. The molecule has 1 aromatic rings. The molecule has 1 atom stereocenters. The molecule has 104 valence electrons. The minimum Gasteiger partial charge on any atom is -0.378 e. The van der Waals surface area contributed by atoms with Crippen molar-refractivity contribution in [3.05, 3.63) is 33.3 Å². The fraction of sp³-hybridized carbons (Fsp3) is 0.500. The summed E-state index contributed by atoms with van der Waals surface area (Å²) < 4.78 is 6.47. The Hall–Kier alpha value is -0.580. The molecule has 19 heavy (non-hydrogen) atoms. The molecule has 1 aromatic carbocycles. The zero-order valence-corrected chi connectivity index (χ0v) is 13.0. The van der Waals surface area contributed by atoms with E-state index in [-0.39, 0.29) is 12.0 Å². The van der Waals surface area contributed by atoms with Gasteiger partial charge in [0.1, 0.15) is 0 Å². The maximum absolute atomic E-state index is 12.0. The van der Waals surface area contributed by atoms with Crippen LogP contribution >= 0.6 is 27.5 Å². The van der Waals surface area contributed by atoms with Gasteiger partial charge in [0.15, 0.2) is 0 Å². The van der Waals surface area contributed by atoms with Crippen LogP contribution in [0, 0.1) is 0 Å². The van der Waals surface area contributed by atoms with Gasteiger partial charge in [0.2, 0.25) is 0 Å². The molecule has 1 aliphatic rings. The average molecular weight is 347 g/mol. The van der Waals surface area contributed by atoms with Crippen LogP contribution < -0.4 is 5.32 Å². The second-order valence-corrected chi connectivity index (χ2v) is 5.98. The van der Waals surface area contributed by atoms with Gasteiger partial charge < -0.3 is 10.1 Å². The summed E-state index contributed by atoms with van der Waals surface area (Å²) in [6.07, 6.45) is 4.60. The predicted molar refractivity (Wildman–Crippen MR) is 79.7 cm³/mol. The van der Waals surface area contributed by atoms with Gasteiger partial charge in [-0.05, 0) is 43.9 Å². The molecule has 2 rings (SSSR count). The Balaban J connectivity index is 1.82. The molecule has 5 heteroatoms. The van der Waals surface area contributed by atoms with Gasteiger partial charge in [-0.1, -0.05) is 27.5 Å². The number of amides is 1. The summed E-state index contributed by atoms with van der Waals surface area (Å²) in [6.45, 7) is 1.46.